The number of carbonyl (C=O) groups excluding carboxylic acids is 3. The molecule has 0 spiro atoms. The lowest BCUT2D eigenvalue weighted by Gasteiger charge is -2.06. The molecule has 2 aromatic rings. The summed E-state index contributed by atoms with van der Waals surface area (Å²) in [6.45, 7) is 0. The van der Waals surface area contributed by atoms with Gasteiger partial charge in [-0.1, -0.05) is 11.6 Å². The van der Waals surface area contributed by atoms with E-state index in [-0.39, 0.29) is 17.4 Å². The number of thioether (sulfide) groups is 1. The molecular weight excluding hydrogens is 378 g/mol. The minimum atomic E-state index is -0.486. The zero-order valence-electron chi connectivity index (χ0n) is 13.9. The van der Waals surface area contributed by atoms with Crippen LogP contribution in [-0.4, -0.2) is 36.5 Å². The molecule has 0 saturated carbocycles. The van der Waals surface area contributed by atoms with E-state index < -0.39 is 11.9 Å². The number of esters is 2. The van der Waals surface area contributed by atoms with E-state index >= 15 is 0 Å². The minimum Gasteiger partial charge on any atom is -0.465 e. The third-order valence-electron chi connectivity index (χ3n) is 3.09. The summed E-state index contributed by atoms with van der Waals surface area (Å²) in [6.07, 6.45) is 0. The molecule has 6 nitrogen and oxygen atoms in total. The lowest BCUT2D eigenvalue weighted by Crippen LogP contribution is -2.17. The average Bonchev–Trinajstić information content (AvgIpc) is 2.63. The third kappa shape index (κ3) is 6.42. The van der Waals surface area contributed by atoms with Crippen molar-refractivity contribution in [3.8, 4) is 5.75 Å². The Balaban J connectivity index is 1.72. The fourth-order valence-corrected chi connectivity index (χ4v) is 2.61. The molecule has 1 N–H and O–H groups in total. The lowest BCUT2D eigenvalue weighted by atomic mass is 10.2. The number of nitrogens with one attached hydrogen (secondary N) is 1. The maximum Gasteiger partial charge on any atom is 0.337 e. The molecule has 0 aliphatic carbocycles. The Labute approximate surface area is 159 Å². The second kappa shape index (κ2) is 9.84. The van der Waals surface area contributed by atoms with Crippen molar-refractivity contribution in [3.05, 3.63) is 59.1 Å². The highest BCUT2D eigenvalue weighted by atomic mass is 35.5. The van der Waals surface area contributed by atoms with Crippen molar-refractivity contribution in [2.45, 2.75) is 0 Å². The molecule has 8 heteroatoms. The Morgan fingerprint density at radius 3 is 2.27 bits per heavy atom. The maximum atomic E-state index is 11.8. The minimum absolute atomic E-state index is 0.0206. The van der Waals surface area contributed by atoms with Gasteiger partial charge in [0.2, 0.25) is 5.91 Å². The van der Waals surface area contributed by atoms with Crippen molar-refractivity contribution in [2.75, 3.05) is 23.9 Å². The van der Waals surface area contributed by atoms with E-state index in [0.29, 0.717) is 22.0 Å². The third-order valence-corrected chi connectivity index (χ3v) is 4.25. The molecule has 2 rings (SSSR count). The summed E-state index contributed by atoms with van der Waals surface area (Å²) in [5, 5.41) is 3.28. The number of amides is 1. The number of ether oxygens (including phenoxy) is 2. The summed E-state index contributed by atoms with van der Waals surface area (Å²) in [5.74, 6) is -0.738. The molecule has 0 aliphatic heterocycles. The van der Waals surface area contributed by atoms with Gasteiger partial charge in [0.15, 0.2) is 0 Å². The quantitative estimate of drug-likeness (QED) is 0.573. The summed E-state index contributed by atoms with van der Waals surface area (Å²) in [6, 6.07) is 12.7. The molecule has 26 heavy (non-hydrogen) atoms. The van der Waals surface area contributed by atoms with Gasteiger partial charge in [0.05, 0.1) is 24.2 Å². The Hall–Kier alpha value is -2.51. The number of halogens is 1. The normalized spacial score (nSPS) is 10.1. The van der Waals surface area contributed by atoms with Gasteiger partial charge in [-0.2, -0.15) is 0 Å². The van der Waals surface area contributed by atoms with Crippen LogP contribution in [0.15, 0.2) is 48.5 Å². The van der Waals surface area contributed by atoms with Crippen LogP contribution in [0.1, 0.15) is 10.4 Å². The summed E-state index contributed by atoms with van der Waals surface area (Å²) in [7, 11) is 1.29. The van der Waals surface area contributed by atoms with Crippen molar-refractivity contribution in [2.24, 2.45) is 0 Å². The molecule has 0 atom stereocenters. The topological polar surface area (TPSA) is 81.7 Å². The number of benzene rings is 2. The highest BCUT2D eigenvalue weighted by molar-refractivity contribution is 8.00. The number of rotatable bonds is 7. The van der Waals surface area contributed by atoms with E-state index in [2.05, 4.69) is 10.1 Å². The monoisotopic (exact) mass is 393 g/mol. The molecule has 0 fully saturated rings. The molecule has 0 heterocycles. The second-order valence-electron chi connectivity index (χ2n) is 5.04. The standard InChI is InChI=1S/C18H16ClNO5S/c1-24-18(23)12-2-8-15(9-3-12)25-17(22)11-26-10-16(21)20-14-6-4-13(19)5-7-14/h2-9H,10-11H2,1H3,(H,20,21). The van der Waals surface area contributed by atoms with E-state index in [0.717, 1.165) is 11.8 Å². The van der Waals surface area contributed by atoms with E-state index in [1.54, 1.807) is 24.3 Å². The predicted molar refractivity (Wildman–Crippen MR) is 101 cm³/mol. The van der Waals surface area contributed by atoms with E-state index in [4.69, 9.17) is 16.3 Å². The van der Waals surface area contributed by atoms with Gasteiger partial charge in [0, 0.05) is 10.7 Å². The van der Waals surface area contributed by atoms with Gasteiger partial charge in [-0.15, -0.1) is 11.8 Å². The molecule has 0 unspecified atom stereocenters. The van der Waals surface area contributed by atoms with Crippen molar-refractivity contribution >= 4 is 46.9 Å². The Morgan fingerprint density at radius 2 is 1.65 bits per heavy atom. The zero-order chi connectivity index (χ0) is 18.9. The largest absolute Gasteiger partial charge is 0.465 e. The van der Waals surface area contributed by atoms with Crippen LogP contribution in [0.25, 0.3) is 0 Å². The Bertz CT molecular complexity index is 777. The molecule has 1 amide bonds. The average molecular weight is 394 g/mol. The van der Waals surface area contributed by atoms with Crippen LogP contribution >= 0.6 is 23.4 Å². The van der Waals surface area contributed by atoms with Crippen LogP contribution in [0.5, 0.6) is 5.75 Å². The van der Waals surface area contributed by atoms with Gasteiger partial charge in [0.25, 0.3) is 0 Å². The predicted octanol–water partition coefficient (Wildman–Crippen LogP) is 3.40. The molecule has 0 radical (unpaired) electrons. The van der Waals surface area contributed by atoms with Crippen molar-refractivity contribution in [3.63, 3.8) is 0 Å². The summed E-state index contributed by atoms with van der Waals surface area (Å²) >= 11 is 6.91. The van der Waals surface area contributed by atoms with Gasteiger partial charge in [-0.05, 0) is 48.5 Å². The van der Waals surface area contributed by atoms with Gasteiger partial charge >= 0.3 is 11.9 Å². The first-order valence-corrected chi connectivity index (χ1v) is 9.03. The fourth-order valence-electron chi connectivity index (χ4n) is 1.90. The Morgan fingerprint density at radius 1 is 1.00 bits per heavy atom. The molecule has 2 aromatic carbocycles. The first kappa shape index (κ1) is 19.8. The van der Waals surface area contributed by atoms with Gasteiger partial charge in [-0.25, -0.2) is 4.79 Å². The lowest BCUT2D eigenvalue weighted by molar-refractivity contribution is -0.131. The fraction of sp³-hybridized carbons (Fsp3) is 0.167. The van der Waals surface area contributed by atoms with E-state index in [9.17, 15) is 14.4 Å². The summed E-state index contributed by atoms with van der Waals surface area (Å²) in [4.78, 5) is 34.9. The van der Waals surface area contributed by atoms with E-state index in [1.165, 1.54) is 31.4 Å². The van der Waals surface area contributed by atoms with Crippen molar-refractivity contribution in [1.29, 1.82) is 0 Å². The highest BCUT2D eigenvalue weighted by Crippen LogP contribution is 2.15. The molecule has 0 saturated heterocycles. The molecule has 0 aliphatic rings. The smallest absolute Gasteiger partial charge is 0.337 e. The second-order valence-corrected chi connectivity index (χ2v) is 6.46. The van der Waals surface area contributed by atoms with Crippen LogP contribution in [0, 0.1) is 0 Å². The Kier molecular flexibility index (Phi) is 7.50. The van der Waals surface area contributed by atoms with Gasteiger partial charge in [0.1, 0.15) is 5.75 Å². The molecular formula is C18H16ClNO5S. The first-order chi connectivity index (χ1) is 12.5. The number of anilines is 1. The van der Waals surface area contributed by atoms with Crippen LogP contribution < -0.4 is 10.1 Å². The van der Waals surface area contributed by atoms with Gasteiger partial charge < -0.3 is 14.8 Å². The van der Waals surface area contributed by atoms with Crippen molar-refractivity contribution in [1.82, 2.24) is 0 Å². The number of hydrogen-bond donors (Lipinski definition) is 1. The first-order valence-electron chi connectivity index (χ1n) is 7.50. The molecule has 0 aromatic heterocycles. The van der Waals surface area contributed by atoms with Crippen LogP contribution in [-0.2, 0) is 14.3 Å². The summed E-state index contributed by atoms with van der Waals surface area (Å²) < 4.78 is 9.72. The van der Waals surface area contributed by atoms with Crippen LogP contribution in [0.4, 0.5) is 5.69 Å². The van der Waals surface area contributed by atoms with Crippen LogP contribution in [0.3, 0.4) is 0 Å². The highest BCUT2D eigenvalue weighted by Gasteiger charge is 2.10. The van der Waals surface area contributed by atoms with Gasteiger partial charge in [-0.3, -0.25) is 9.59 Å². The van der Waals surface area contributed by atoms with Crippen molar-refractivity contribution < 1.29 is 23.9 Å². The van der Waals surface area contributed by atoms with Crippen LogP contribution in [0.2, 0.25) is 5.02 Å². The SMILES string of the molecule is COC(=O)c1ccc(OC(=O)CSCC(=O)Nc2ccc(Cl)cc2)cc1. The molecule has 136 valence electrons. The molecule has 0 bridgehead atoms. The maximum absolute atomic E-state index is 11.8. The number of carbonyl (C=O) groups is 3. The number of methoxy groups -OCH3 is 1. The zero-order valence-corrected chi connectivity index (χ0v) is 15.4. The number of hydrogen-bond acceptors (Lipinski definition) is 6. The van der Waals surface area contributed by atoms with E-state index in [1.807, 2.05) is 0 Å². The summed E-state index contributed by atoms with van der Waals surface area (Å²) in [5.41, 5.74) is 0.994.